The van der Waals surface area contributed by atoms with E-state index in [0.29, 0.717) is 6.54 Å². The van der Waals surface area contributed by atoms with Crippen molar-refractivity contribution in [2.24, 2.45) is 5.92 Å². The molecule has 0 saturated carbocycles. The summed E-state index contributed by atoms with van der Waals surface area (Å²) in [5.74, 6) is -1.96. The Morgan fingerprint density at radius 3 is 2.53 bits per heavy atom. The fourth-order valence-corrected chi connectivity index (χ4v) is 2.78. The van der Waals surface area contributed by atoms with Crippen LogP contribution in [0.5, 0.6) is 0 Å². The Kier molecular flexibility index (Phi) is 5.47. The minimum atomic E-state index is -3.66. The number of carbonyl (C=O) groups is 1. The van der Waals surface area contributed by atoms with Gasteiger partial charge in [-0.25, -0.2) is 12.8 Å². The molecule has 0 fully saturated rings. The second-order valence-electron chi connectivity index (χ2n) is 4.82. The summed E-state index contributed by atoms with van der Waals surface area (Å²) >= 11 is 0. The van der Waals surface area contributed by atoms with E-state index < -0.39 is 33.1 Å². The molecule has 4 nitrogen and oxygen atoms in total. The summed E-state index contributed by atoms with van der Waals surface area (Å²) in [5, 5.41) is 2.53. The third-order valence-electron chi connectivity index (χ3n) is 2.39. The van der Waals surface area contributed by atoms with Crippen LogP contribution in [0.25, 0.3) is 0 Å². The monoisotopic (exact) mass is 287 g/mol. The molecule has 106 valence electrons. The normalized spacial score (nSPS) is 11.6. The number of rotatable bonds is 6. The van der Waals surface area contributed by atoms with E-state index in [1.54, 1.807) is 6.07 Å². The maximum absolute atomic E-state index is 13.3. The lowest BCUT2D eigenvalue weighted by atomic mass is 10.2. The summed E-state index contributed by atoms with van der Waals surface area (Å²) in [6.45, 7) is 4.25. The van der Waals surface area contributed by atoms with Gasteiger partial charge in [0, 0.05) is 12.1 Å². The van der Waals surface area contributed by atoms with E-state index in [0.717, 1.165) is 0 Å². The molecule has 0 radical (unpaired) electrons. The van der Waals surface area contributed by atoms with Gasteiger partial charge >= 0.3 is 0 Å². The number of hydrogen-bond donors (Lipinski definition) is 1. The van der Waals surface area contributed by atoms with Gasteiger partial charge in [0.05, 0.1) is 5.75 Å². The second-order valence-corrected chi connectivity index (χ2v) is 6.89. The summed E-state index contributed by atoms with van der Waals surface area (Å²) in [7, 11) is -3.66. The molecule has 0 aromatic heterocycles. The average Bonchev–Trinajstić information content (AvgIpc) is 2.28. The van der Waals surface area contributed by atoms with Crippen molar-refractivity contribution < 1.29 is 17.6 Å². The smallest absolute Gasteiger partial charge is 0.235 e. The van der Waals surface area contributed by atoms with Crippen molar-refractivity contribution in [3.05, 3.63) is 35.6 Å². The van der Waals surface area contributed by atoms with Crippen LogP contribution in [0.1, 0.15) is 19.4 Å². The zero-order chi connectivity index (χ0) is 14.5. The SMILES string of the molecule is CC(C)CNC(=O)CS(=O)(=O)Cc1ccccc1F. The lowest BCUT2D eigenvalue weighted by Crippen LogP contribution is -2.33. The Hall–Kier alpha value is -1.43. The first-order valence-corrected chi connectivity index (χ1v) is 7.83. The summed E-state index contributed by atoms with van der Waals surface area (Å²) in [5.41, 5.74) is 0.0826. The van der Waals surface area contributed by atoms with E-state index in [2.05, 4.69) is 5.32 Å². The third-order valence-corrected chi connectivity index (χ3v) is 3.84. The van der Waals surface area contributed by atoms with Crippen LogP contribution in [0.3, 0.4) is 0 Å². The standard InChI is InChI=1S/C13H18FNO3S/c1-10(2)7-15-13(16)9-19(17,18)8-11-5-3-4-6-12(11)14/h3-6,10H,7-9H2,1-2H3,(H,15,16). The first-order chi connectivity index (χ1) is 8.80. The predicted octanol–water partition coefficient (Wildman–Crippen LogP) is 1.51. The number of benzene rings is 1. The minimum absolute atomic E-state index is 0.0826. The molecular weight excluding hydrogens is 269 g/mol. The molecule has 6 heteroatoms. The van der Waals surface area contributed by atoms with Gasteiger partial charge in [-0.2, -0.15) is 0 Å². The molecule has 0 saturated heterocycles. The molecule has 0 spiro atoms. The molecule has 1 N–H and O–H groups in total. The van der Waals surface area contributed by atoms with Crippen molar-refractivity contribution in [1.82, 2.24) is 5.32 Å². The van der Waals surface area contributed by atoms with Crippen molar-refractivity contribution in [2.75, 3.05) is 12.3 Å². The predicted molar refractivity (Wildman–Crippen MR) is 71.7 cm³/mol. The van der Waals surface area contributed by atoms with Gasteiger partial charge in [0.2, 0.25) is 5.91 Å². The highest BCUT2D eigenvalue weighted by molar-refractivity contribution is 7.91. The molecule has 0 heterocycles. The number of amides is 1. The van der Waals surface area contributed by atoms with Crippen LogP contribution in [0, 0.1) is 11.7 Å². The summed E-state index contributed by atoms with van der Waals surface area (Å²) in [6.07, 6.45) is 0. The lowest BCUT2D eigenvalue weighted by Gasteiger charge is -2.08. The molecule has 0 unspecified atom stereocenters. The first-order valence-electron chi connectivity index (χ1n) is 6.00. The minimum Gasteiger partial charge on any atom is -0.355 e. The molecule has 1 rings (SSSR count). The second kappa shape index (κ2) is 6.65. The van der Waals surface area contributed by atoms with Gasteiger partial charge in [0.1, 0.15) is 11.6 Å². The highest BCUT2D eigenvalue weighted by atomic mass is 32.2. The van der Waals surface area contributed by atoms with Crippen LogP contribution in [-0.2, 0) is 20.4 Å². The number of hydrogen-bond acceptors (Lipinski definition) is 3. The molecule has 1 amide bonds. The van der Waals surface area contributed by atoms with Gasteiger partial charge < -0.3 is 5.32 Å². The molecule has 0 aliphatic carbocycles. The Labute approximate surface area is 112 Å². The topological polar surface area (TPSA) is 63.2 Å². The average molecular weight is 287 g/mol. The van der Waals surface area contributed by atoms with Crippen molar-refractivity contribution in [1.29, 1.82) is 0 Å². The van der Waals surface area contributed by atoms with Crippen LogP contribution in [0.4, 0.5) is 4.39 Å². The van der Waals surface area contributed by atoms with E-state index in [-0.39, 0.29) is 11.5 Å². The summed E-state index contributed by atoms with van der Waals surface area (Å²) < 4.78 is 36.9. The Bertz CT molecular complexity index is 541. The quantitative estimate of drug-likeness (QED) is 0.862. The Morgan fingerprint density at radius 2 is 1.95 bits per heavy atom. The first kappa shape index (κ1) is 15.6. The lowest BCUT2D eigenvalue weighted by molar-refractivity contribution is -0.118. The molecule has 1 aromatic rings. The van der Waals surface area contributed by atoms with Crippen molar-refractivity contribution in [3.8, 4) is 0 Å². The largest absolute Gasteiger partial charge is 0.355 e. The Balaban J connectivity index is 2.62. The molecule has 0 atom stereocenters. The van der Waals surface area contributed by atoms with Crippen LogP contribution in [-0.4, -0.2) is 26.6 Å². The van der Waals surface area contributed by atoms with Crippen LogP contribution < -0.4 is 5.32 Å². The third kappa shape index (κ3) is 5.83. The fraction of sp³-hybridized carbons (Fsp3) is 0.462. The zero-order valence-corrected chi connectivity index (χ0v) is 11.8. The van der Waals surface area contributed by atoms with Crippen LogP contribution >= 0.6 is 0 Å². The summed E-state index contributed by atoms with van der Waals surface area (Å²) in [6, 6.07) is 5.65. The molecular formula is C13H18FNO3S. The highest BCUT2D eigenvalue weighted by Crippen LogP contribution is 2.11. The van der Waals surface area contributed by atoms with E-state index in [9.17, 15) is 17.6 Å². The van der Waals surface area contributed by atoms with Crippen molar-refractivity contribution >= 4 is 15.7 Å². The fourth-order valence-electron chi connectivity index (χ4n) is 1.47. The number of halogens is 1. The summed E-state index contributed by atoms with van der Waals surface area (Å²) in [4.78, 5) is 11.5. The van der Waals surface area contributed by atoms with Crippen LogP contribution in [0.2, 0.25) is 0 Å². The van der Waals surface area contributed by atoms with Gasteiger partial charge in [-0.1, -0.05) is 32.0 Å². The number of sulfone groups is 1. The van der Waals surface area contributed by atoms with Crippen molar-refractivity contribution in [2.45, 2.75) is 19.6 Å². The van der Waals surface area contributed by atoms with Crippen molar-refractivity contribution in [3.63, 3.8) is 0 Å². The molecule has 0 bridgehead atoms. The van der Waals surface area contributed by atoms with Gasteiger partial charge in [-0.05, 0) is 12.0 Å². The van der Waals surface area contributed by atoms with E-state index in [1.165, 1.54) is 18.2 Å². The number of nitrogens with one attached hydrogen (secondary N) is 1. The Morgan fingerprint density at radius 1 is 1.32 bits per heavy atom. The van der Waals surface area contributed by atoms with Gasteiger partial charge in [0.25, 0.3) is 0 Å². The molecule has 1 aromatic carbocycles. The number of carbonyl (C=O) groups excluding carboxylic acids is 1. The molecule has 19 heavy (non-hydrogen) atoms. The van der Waals surface area contributed by atoms with Gasteiger partial charge in [-0.3, -0.25) is 4.79 Å². The van der Waals surface area contributed by atoms with Crippen LogP contribution in [0.15, 0.2) is 24.3 Å². The molecule has 0 aliphatic heterocycles. The van der Waals surface area contributed by atoms with Gasteiger partial charge in [-0.15, -0.1) is 0 Å². The highest BCUT2D eigenvalue weighted by Gasteiger charge is 2.19. The van der Waals surface area contributed by atoms with E-state index in [4.69, 9.17) is 0 Å². The van der Waals surface area contributed by atoms with E-state index >= 15 is 0 Å². The maximum atomic E-state index is 13.3. The zero-order valence-electron chi connectivity index (χ0n) is 11.0. The maximum Gasteiger partial charge on any atom is 0.235 e. The molecule has 0 aliphatic rings. The van der Waals surface area contributed by atoms with E-state index in [1.807, 2.05) is 13.8 Å². The van der Waals surface area contributed by atoms with Gasteiger partial charge in [0.15, 0.2) is 9.84 Å².